The average molecular weight is 287 g/mol. The minimum Gasteiger partial charge on any atom is -0.497 e. The van der Waals surface area contributed by atoms with Gasteiger partial charge in [0.2, 0.25) is 10.0 Å². The molecule has 1 aromatic rings. The molecule has 19 heavy (non-hydrogen) atoms. The molecule has 0 heterocycles. The number of methoxy groups -OCH3 is 1. The number of aliphatic hydroxyl groups is 1. The van der Waals surface area contributed by atoms with E-state index in [2.05, 4.69) is 4.72 Å². The van der Waals surface area contributed by atoms with Crippen LogP contribution in [0.5, 0.6) is 5.75 Å². The summed E-state index contributed by atoms with van der Waals surface area (Å²) in [6.07, 6.45) is 0.540. The van der Waals surface area contributed by atoms with Crippen LogP contribution in [-0.4, -0.2) is 33.8 Å². The van der Waals surface area contributed by atoms with E-state index >= 15 is 0 Å². The van der Waals surface area contributed by atoms with Gasteiger partial charge in [-0.3, -0.25) is 0 Å². The summed E-state index contributed by atoms with van der Waals surface area (Å²) < 4.78 is 31.7. The molecule has 0 aliphatic carbocycles. The fourth-order valence-corrected chi connectivity index (χ4v) is 2.76. The molecule has 1 aromatic carbocycles. The average Bonchev–Trinajstić information content (AvgIpc) is 2.37. The van der Waals surface area contributed by atoms with Gasteiger partial charge >= 0.3 is 0 Å². The number of sulfonamides is 1. The maximum Gasteiger partial charge on any atom is 0.240 e. The summed E-state index contributed by atoms with van der Waals surface area (Å²) >= 11 is 0. The lowest BCUT2D eigenvalue weighted by molar-refractivity contribution is 0.213. The van der Waals surface area contributed by atoms with Crippen molar-refractivity contribution in [2.75, 3.05) is 20.3 Å². The third kappa shape index (κ3) is 4.81. The number of ether oxygens (including phenoxy) is 1. The zero-order valence-corrected chi connectivity index (χ0v) is 12.3. The first kappa shape index (κ1) is 15.9. The van der Waals surface area contributed by atoms with Gasteiger partial charge in [-0.1, -0.05) is 13.8 Å². The Morgan fingerprint density at radius 2 is 1.84 bits per heavy atom. The Morgan fingerprint density at radius 3 is 2.32 bits per heavy atom. The van der Waals surface area contributed by atoms with Crippen LogP contribution < -0.4 is 9.46 Å². The molecule has 0 spiro atoms. The zero-order chi connectivity index (χ0) is 14.5. The summed E-state index contributed by atoms with van der Waals surface area (Å²) in [4.78, 5) is 0.202. The molecule has 2 N–H and O–H groups in total. The molecule has 0 fully saturated rings. The predicted molar refractivity (Wildman–Crippen MR) is 73.7 cm³/mol. The summed E-state index contributed by atoms with van der Waals surface area (Å²) in [6, 6.07) is 6.21. The van der Waals surface area contributed by atoms with Crippen LogP contribution in [0.1, 0.15) is 20.3 Å². The van der Waals surface area contributed by atoms with E-state index in [1.807, 2.05) is 13.8 Å². The lowest BCUT2D eigenvalue weighted by atomic mass is 9.90. The van der Waals surface area contributed by atoms with E-state index in [1.165, 1.54) is 19.2 Å². The smallest absolute Gasteiger partial charge is 0.240 e. The number of benzene rings is 1. The predicted octanol–water partition coefficient (Wildman–Crippen LogP) is 1.38. The van der Waals surface area contributed by atoms with Crippen molar-refractivity contribution < 1.29 is 18.3 Å². The number of nitrogens with one attached hydrogen (secondary N) is 1. The van der Waals surface area contributed by atoms with Gasteiger partial charge in [0.05, 0.1) is 12.0 Å². The van der Waals surface area contributed by atoms with Gasteiger partial charge in [0.25, 0.3) is 0 Å². The van der Waals surface area contributed by atoms with Crippen LogP contribution in [0.3, 0.4) is 0 Å². The first-order valence-corrected chi connectivity index (χ1v) is 7.54. The topological polar surface area (TPSA) is 75.6 Å². The lowest BCUT2D eigenvalue weighted by Gasteiger charge is -2.23. The maximum absolute atomic E-state index is 12.1. The van der Waals surface area contributed by atoms with Crippen molar-refractivity contribution >= 4 is 10.0 Å². The normalized spacial score (nSPS) is 12.4. The van der Waals surface area contributed by atoms with Gasteiger partial charge in [0.15, 0.2) is 0 Å². The van der Waals surface area contributed by atoms with Gasteiger partial charge < -0.3 is 9.84 Å². The van der Waals surface area contributed by atoms with Crippen molar-refractivity contribution in [1.29, 1.82) is 0 Å². The van der Waals surface area contributed by atoms with Crippen LogP contribution in [0.2, 0.25) is 0 Å². The summed E-state index contributed by atoms with van der Waals surface area (Å²) in [7, 11) is -2.00. The highest BCUT2D eigenvalue weighted by atomic mass is 32.2. The van der Waals surface area contributed by atoms with Gasteiger partial charge in [0, 0.05) is 13.2 Å². The summed E-state index contributed by atoms with van der Waals surface area (Å²) in [5.74, 6) is 0.611. The van der Waals surface area contributed by atoms with Crippen molar-refractivity contribution in [1.82, 2.24) is 4.72 Å². The zero-order valence-electron chi connectivity index (χ0n) is 11.5. The van der Waals surface area contributed by atoms with Crippen LogP contribution in [0.15, 0.2) is 29.2 Å². The SMILES string of the molecule is COc1ccc(S(=O)(=O)NCC(C)(C)CCO)cc1. The van der Waals surface area contributed by atoms with Crippen molar-refractivity contribution in [2.45, 2.75) is 25.2 Å². The fraction of sp³-hybridized carbons (Fsp3) is 0.538. The number of hydrogen-bond donors (Lipinski definition) is 2. The van der Waals surface area contributed by atoms with Crippen LogP contribution in [0.25, 0.3) is 0 Å². The molecule has 0 aromatic heterocycles. The minimum absolute atomic E-state index is 0.0390. The molecule has 0 radical (unpaired) electrons. The molecule has 5 nitrogen and oxygen atoms in total. The molecular formula is C13H21NO4S. The summed E-state index contributed by atoms with van der Waals surface area (Å²) in [5, 5.41) is 8.91. The largest absolute Gasteiger partial charge is 0.497 e. The minimum atomic E-state index is -3.52. The number of hydrogen-bond acceptors (Lipinski definition) is 4. The van der Waals surface area contributed by atoms with Gasteiger partial charge in [-0.05, 0) is 36.1 Å². The van der Waals surface area contributed by atoms with Crippen molar-refractivity contribution in [2.24, 2.45) is 5.41 Å². The van der Waals surface area contributed by atoms with Crippen molar-refractivity contribution in [3.05, 3.63) is 24.3 Å². The monoisotopic (exact) mass is 287 g/mol. The Labute approximate surface area is 114 Å². The van der Waals surface area contributed by atoms with E-state index in [-0.39, 0.29) is 23.5 Å². The Kier molecular flexibility index (Phi) is 5.34. The highest BCUT2D eigenvalue weighted by molar-refractivity contribution is 7.89. The fourth-order valence-electron chi connectivity index (χ4n) is 1.52. The number of aliphatic hydroxyl groups excluding tert-OH is 1. The molecule has 0 unspecified atom stereocenters. The van der Waals surface area contributed by atoms with Crippen molar-refractivity contribution in [3.8, 4) is 5.75 Å². The van der Waals surface area contributed by atoms with Gasteiger partial charge in [-0.25, -0.2) is 13.1 Å². The maximum atomic E-state index is 12.1. The molecule has 0 saturated carbocycles. The molecule has 0 saturated heterocycles. The Balaban J connectivity index is 2.75. The first-order valence-electron chi connectivity index (χ1n) is 6.05. The molecule has 0 aliphatic rings. The van der Waals surface area contributed by atoms with Crippen LogP contribution in [-0.2, 0) is 10.0 Å². The second-order valence-corrected chi connectivity index (χ2v) is 6.90. The van der Waals surface area contributed by atoms with E-state index in [9.17, 15) is 8.42 Å². The first-order chi connectivity index (χ1) is 8.80. The van der Waals surface area contributed by atoms with E-state index in [0.717, 1.165) is 0 Å². The molecule has 0 amide bonds. The lowest BCUT2D eigenvalue weighted by Crippen LogP contribution is -2.34. The molecular weight excluding hydrogens is 266 g/mol. The summed E-state index contributed by atoms with van der Waals surface area (Å²) in [5.41, 5.74) is -0.283. The molecule has 6 heteroatoms. The highest BCUT2D eigenvalue weighted by Crippen LogP contribution is 2.20. The number of rotatable bonds is 7. The second kappa shape index (κ2) is 6.36. The van der Waals surface area contributed by atoms with E-state index < -0.39 is 10.0 Å². The Morgan fingerprint density at radius 1 is 1.26 bits per heavy atom. The quantitative estimate of drug-likeness (QED) is 0.794. The molecule has 0 atom stereocenters. The highest BCUT2D eigenvalue weighted by Gasteiger charge is 2.21. The molecule has 0 bridgehead atoms. The summed E-state index contributed by atoms with van der Waals surface area (Å²) in [6.45, 7) is 4.12. The Hall–Kier alpha value is -1.11. The second-order valence-electron chi connectivity index (χ2n) is 5.14. The van der Waals surface area contributed by atoms with Crippen LogP contribution >= 0.6 is 0 Å². The standard InChI is InChI=1S/C13H21NO4S/c1-13(2,8-9-15)10-14-19(16,17)12-6-4-11(18-3)5-7-12/h4-7,14-15H,8-10H2,1-3H3. The Bertz CT molecular complexity index is 494. The van der Waals surface area contributed by atoms with Crippen molar-refractivity contribution in [3.63, 3.8) is 0 Å². The third-order valence-corrected chi connectivity index (χ3v) is 4.32. The van der Waals surface area contributed by atoms with E-state index in [1.54, 1.807) is 12.1 Å². The van der Waals surface area contributed by atoms with Gasteiger partial charge in [-0.2, -0.15) is 0 Å². The molecule has 108 valence electrons. The van der Waals surface area contributed by atoms with Gasteiger partial charge in [0.1, 0.15) is 5.75 Å². The van der Waals surface area contributed by atoms with Crippen LogP contribution in [0, 0.1) is 5.41 Å². The van der Waals surface area contributed by atoms with E-state index in [4.69, 9.17) is 9.84 Å². The van der Waals surface area contributed by atoms with E-state index in [0.29, 0.717) is 12.2 Å². The molecule has 1 rings (SSSR count). The van der Waals surface area contributed by atoms with Crippen LogP contribution in [0.4, 0.5) is 0 Å². The third-order valence-electron chi connectivity index (χ3n) is 2.90. The van der Waals surface area contributed by atoms with Gasteiger partial charge in [-0.15, -0.1) is 0 Å². The molecule has 0 aliphatic heterocycles.